The normalized spacial score (nSPS) is 15.0. The van der Waals surface area contributed by atoms with E-state index in [0.717, 1.165) is 0 Å². The van der Waals surface area contributed by atoms with E-state index in [9.17, 15) is 14.9 Å². The predicted octanol–water partition coefficient (Wildman–Crippen LogP) is 0.0367. The highest BCUT2D eigenvalue weighted by molar-refractivity contribution is 6.00. The lowest BCUT2D eigenvalue weighted by Gasteiger charge is -2.27. The maximum absolute atomic E-state index is 12.2. The van der Waals surface area contributed by atoms with Crippen LogP contribution in [0.3, 0.4) is 0 Å². The van der Waals surface area contributed by atoms with E-state index in [1.807, 2.05) is 6.07 Å². The summed E-state index contributed by atoms with van der Waals surface area (Å²) in [5, 5.41) is 15.1. The average molecular weight is 299 g/mol. The second-order valence-electron chi connectivity index (χ2n) is 4.77. The van der Waals surface area contributed by atoms with Crippen LogP contribution in [-0.2, 0) is 4.79 Å². The van der Waals surface area contributed by atoms with Crippen molar-refractivity contribution in [2.45, 2.75) is 0 Å². The van der Waals surface area contributed by atoms with Crippen molar-refractivity contribution in [1.82, 2.24) is 10.2 Å². The molecule has 1 heterocycles. The number of para-hydroxylation sites is 1. The first-order chi connectivity index (χ1) is 10.6. The molecule has 2 amide bonds. The Morgan fingerprint density at radius 2 is 2.00 bits per heavy atom. The Balaban J connectivity index is 2.15. The summed E-state index contributed by atoms with van der Waals surface area (Å²) in [6, 6.07) is 8.53. The number of nitrogens with zero attached hydrogens (tertiary/aromatic N) is 2. The molecule has 2 rings (SSSR count). The van der Waals surface area contributed by atoms with Gasteiger partial charge in [0.15, 0.2) is 0 Å². The third kappa shape index (κ3) is 3.62. The number of carbonyl (C=O) groups excluding carboxylic acids is 2. The van der Waals surface area contributed by atoms with Crippen LogP contribution in [0.2, 0.25) is 0 Å². The van der Waals surface area contributed by atoms with Crippen LogP contribution in [0.1, 0.15) is 10.4 Å². The van der Waals surface area contributed by atoms with Gasteiger partial charge in [0, 0.05) is 32.4 Å². The first-order valence-corrected chi connectivity index (χ1v) is 6.89. The molecule has 1 fully saturated rings. The van der Waals surface area contributed by atoms with Crippen LogP contribution in [0.4, 0.5) is 5.69 Å². The summed E-state index contributed by atoms with van der Waals surface area (Å²) in [5.74, 6) is -0.906. The minimum atomic E-state index is -0.580. The maximum Gasteiger partial charge on any atom is 0.266 e. The highest BCUT2D eigenvalue weighted by Crippen LogP contribution is 2.15. The monoisotopic (exact) mass is 299 g/mol. The number of piperazine rings is 1. The summed E-state index contributed by atoms with van der Waals surface area (Å²) in [4.78, 5) is 25.2. The highest BCUT2D eigenvalue weighted by atomic mass is 16.2. The predicted molar refractivity (Wildman–Crippen MR) is 81.7 cm³/mol. The van der Waals surface area contributed by atoms with E-state index >= 15 is 0 Å². The molecule has 1 saturated heterocycles. The summed E-state index contributed by atoms with van der Waals surface area (Å²) in [7, 11) is 0. The fraction of sp³-hybridized carbons (Fsp3) is 0.267. The van der Waals surface area contributed by atoms with E-state index in [1.54, 1.807) is 29.2 Å². The number of amides is 2. The molecule has 0 aromatic heterocycles. The van der Waals surface area contributed by atoms with Crippen LogP contribution in [-0.4, -0.2) is 42.9 Å². The standard InChI is InChI=1S/C15H17N5O2/c16-9-11(15(22)20-7-5-18-6-8-20)10-19-13-4-2-1-3-12(13)14(17)21/h1-4,10,18-19H,5-8H2,(H2,17,21)/b11-10-. The van der Waals surface area contributed by atoms with Crippen LogP contribution in [0.15, 0.2) is 36.0 Å². The Morgan fingerprint density at radius 1 is 1.32 bits per heavy atom. The van der Waals surface area contributed by atoms with Gasteiger partial charge in [0.1, 0.15) is 11.6 Å². The van der Waals surface area contributed by atoms with E-state index < -0.39 is 5.91 Å². The minimum Gasteiger partial charge on any atom is -0.366 e. The zero-order valence-electron chi connectivity index (χ0n) is 12.0. The number of nitrogens with one attached hydrogen (secondary N) is 2. The van der Waals surface area contributed by atoms with Gasteiger partial charge in [-0.1, -0.05) is 12.1 Å². The third-order valence-electron chi connectivity index (χ3n) is 3.32. The summed E-state index contributed by atoms with van der Waals surface area (Å²) in [5.41, 5.74) is 6.02. The van der Waals surface area contributed by atoms with Gasteiger partial charge in [-0.05, 0) is 12.1 Å². The fourth-order valence-corrected chi connectivity index (χ4v) is 2.15. The van der Waals surface area contributed by atoms with Crippen molar-refractivity contribution in [2.24, 2.45) is 5.73 Å². The van der Waals surface area contributed by atoms with Crippen molar-refractivity contribution in [1.29, 1.82) is 5.26 Å². The summed E-state index contributed by atoms with van der Waals surface area (Å²) in [6.45, 7) is 2.55. The number of nitrogens with two attached hydrogens (primary N) is 1. The number of carbonyl (C=O) groups is 2. The first-order valence-electron chi connectivity index (χ1n) is 6.89. The lowest BCUT2D eigenvalue weighted by molar-refractivity contribution is -0.127. The molecule has 0 spiro atoms. The van der Waals surface area contributed by atoms with Crippen molar-refractivity contribution in [3.8, 4) is 6.07 Å². The summed E-state index contributed by atoms with van der Waals surface area (Å²) >= 11 is 0. The molecular weight excluding hydrogens is 282 g/mol. The molecule has 7 heteroatoms. The minimum absolute atomic E-state index is 0.0128. The third-order valence-corrected chi connectivity index (χ3v) is 3.32. The van der Waals surface area contributed by atoms with E-state index in [2.05, 4.69) is 10.6 Å². The number of rotatable bonds is 4. The molecule has 22 heavy (non-hydrogen) atoms. The lowest BCUT2D eigenvalue weighted by Crippen LogP contribution is -2.46. The van der Waals surface area contributed by atoms with Gasteiger partial charge in [-0.3, -0.25) is 9.59 Å². The zero-order valence-corrected chi connectivity index (χ0v) is 12.0. The number of primary amides is 1. The van der Waals surface area contributed by atoms with E-state index in [0.29, 0.717) is 37.4 Å². The molecule has 1 aromatic carbocycles. The van der Waals surface area contributed by atoms with Gasteiger partial charge in [0.2, 0.25) is 0 Å². The van der Waals surface area contributed by atoms with Gasteiger partial charge in [-0.25, -0.2) is 0 Å². The van der Waals surface area contributed by atoms with Crippen molar-refractivity contribution < 1.29 is 9.59 Å². The molecule has 0 radical (unpaired) electrons. The van der Waals surface area contributed by atoms with Crippen LogP contribution in [0, 0.1) is 11.3 Å². The van der Waals surface area contributed by atoms with Gasteiger partial charge in [0.05, 0.1) is 11.3 Å². The largest absolute Gasteiger partial charge is 0.366 e. The number of hydrogen-bond donors (Lipinski definition) is 3. The average Bonchev–Trinajstić information content (AvgIpc) is 2.56. The molecule has 0 aliphatic carbocycles. The van der Waals surface area contributed by atoms with Crippen molar-refractivity contribution in [3.05, 3.63) is 41.6 Å². The molecule has 0 atom stereocenters. The Morgan fingerprint density at radius 3 is 2.64 bits per heavy atom. The van der Waals surface area contributed by atoms with Gasteiger partial charge in [0.25, 0.3) is 11.8 Å². The molecule has 0 saturated carbocycles. The van der Waals surface area contributed by atoms with Crippen molar-refractivity contribution in [3.63, 3.8) is 0 Å². The Hall–Kier alpha value is -2.85. The quantitative estimate of drug-likeness (QED) is 0.537. The van der Waals surface area contributed by atoms with Gasteiger partial charge >= 0.3 is 0 Å². The smallest absolute Gasteiger partial charge is 0.266 e. The maximum atomic E-state index is 12.2. The summed E-state index contributed by atoms with van der Waals surface area (Å²) in [6.07, 6.45) is 1.31. The molecule has 114 valence electrons. The second kappa shape index (κ2) is 7.24. The van der Waals surface area contributed by atoms with E-state index in [-0.39, 0.29) is 11.5 Å². The molecule has 1 aliphatic rings. The first kappa shape index (κ1) is 15.5. The molecule has 0 unspecified atom stereocenters. The lowest BCUT2D eigenvalue weighted by atomic mass is 10.1. The molecular formula is C15H17N5O2. The number of anilines is 1. The Labute approximate surface area is 128 Å². The highest BCUT2D eigenvalue weighted by Gasteiger charge is 2.20. The molecule has 7 nitrogen and oxygen atoms in total. The number of hydrogen-bond acceptors (Lipinski definition) is 5. The topological polar surface area (TPSA) is 111 Å². The van der Waals surface area contributed by atoms with Crippen LogP contribution >= 0.6 is 0 Å². The Kier molecular flexibility index (Phi) is 5.11. The zero-order chi connectivity index (χ0) is 15.9. The van der Waals surface area contributed by atoms with Crippen LogP contribution in [0.25, 0.3) is 0 Å². The molecule has 1 aromatic rings. The van der Waals surface area contributed by atoms with E-state index in [1.165, 1.54) is 6.20 Å². The van der Waals surface area contributed by atoms with E-state index in [4.69, 9.17) is 5.73 Å². The number of nitriles is 1. The fourth-order valence-electron chi connectivity index (χ4n) is 2.15. The van der Waals surface area contributed by atoms with Crippen LogP contribution in [0.5, 0.6) is 0 Å². The SMILES string of the molecule is N#C/C(=C/Nc1ccccc1C(N)=O)C(=O)N1CCNCC1. The Bertz CT molecular complexity index is 642. The van der Waals surface area contributed by atoms with Crippen LogP contribution < -0.4 is 16.4 Å². The van der Waals surface area contributed by atoms with Gasteiger partial charge in [-0.2, -0.15) is 5.26 Å². The van der Waals surface area contributed by atoms with Gasteiger partial charge < -0.3 is 21.3 Å². The molecule has 1 aliphatic heterocycles. The van der Waals surface area contributed by atoms with Crippen molar-refractivity contribution >= 4 is 17.5 Å². The summed E-state index contributed by atoms with van der Waals surface area (Å²) < 4.78 is 0. The number of benzene rings is 1. The second-order valence-corrected chi connectivity index (χ2v) is 4.77. The molecule has 0 bridgehead atoms. The molecule has 4 N–H and O–H groups in total. The van der Waals surface area contributed by atoms with Crippen molar-refractivity contribution in [2.75, 3.05) is 31.5 Å². The van der Waals surface area contributed by atoms with Gasteiger partial charge in [-0.15, -0.1) is 0 Å².